The molecule has 126 valence electrons. The fourth-order valence-corrected chi connectivity index (χ4v) is 2.87. The van der Waals surface area contributed by atoms with E-state index in [1.807, 2.05) is 0 Å². The molecule has 5 nitrogen and oxygen atoms in total. The molecule has 0 spiro atoms. The summed E-state index contributed by atoms with van der Waals surface area (Å²) >= 11 is 11.7. The van der Waals surface area contributed by atoms with E-state index in [1.54, 1.807) is 12.1 Å². The maximum atomic E-state index is 11.9. The highest BCUT2D eigenvalue weighted by Gasteiger charge is 2.23. The third kappa shape index (κ3) is 5.59. The van der Waals surface area contributed by atoms with Crippen LogP contribution in [0.25, 0.3) is 0 Å². The summed E-state index contributed by atoms with van der Waals surface area (Å²) in [6.45, 7) is 1.21. The predicted octanol–water partition coefficient (Wildman–Crippen LogP) is 3.36. The van der Waals surface area contributed by atoms with Crippen LogP contribution in [0.4, 0.5) is 0 Å². The summed E-state index contributed by atoms with van der Waals surface area (Å²) in [7, 11) is 0. The SMILES string of the molecule is C[C@H](OC(=O)COc1ccc(Cl)cc1Cl)C(=O)NC1CCCC1. The van der Waals surface area contributed by atoms with Gasteiger partial charge in [0.25, 0.3) is 5.91 Å². The molecule has 1 aromatic rings. The fraction of sp³-hybridized carbons (Fsp3) is 0.500. The first-order valence-corrected chi connectivity index (χ1v) is 8.29. The number of carbonyl (C=O) groups is 2. The van der Waals surface area contributed by atoms with E-state index in [0.717, 1.165) is 25.7 Å². The van der Waals surface area contributed by atoms with Crippen LogP contribution in [-0.2, 0) is 14.3 Å². The Kier molecular flexibility index (Phi) is 6.54. The number of amides is 1. The molecule has 1 saturated carbocycles. The average Bonchev–Trinajstić information content (AvgIpc) is 2.99. The molecular formula is C16H19Cl2NO4. The molecule has 0 unspecified atom stereocenters. The molecule has 1 aliphatic rings. The first-order chi connectivity index (χ1) is 11.0. The van der Waals surface area contributed by atoms with Crippen molar-refractivity contribution in [1.82, 2.24) is 5.32 Å². The molecular weight excluding hydrogens is 341 g/mol. The van der Waals surface area contributed by atoms with Crippen LogP contribution in [0.15, 0.2) is 18.2 Å². The summed E-state index contributed by atoms with van der Waals surface area (Å²) in [4.78, 5) is 23.7. The number of hydrogen-bond acceptors (Lipinski definition) is 4. The largest absolute Gasteiger partial charge is 0.480 e. The van der Waals surface area contributed by atoms with Crippen LogP contribution in [0.5, 0.6) is 5.75 Å². The van der Waals surface area contributed by atoms with Gasteiger partial charge in [0.2, 0.25) is 0 Å². The molecule has 23 heavy (non-hydrogen) atoms. The van der Waals surface area contributed by atoms with Crippen LogP contribution in [-0.4, -0.2) is 30.6 Å². The lowest BCUT2D eigenvalue weighted by Gasteiger charge is -2.17. The van der Waals surface area contributed by atoms with Crippen LogP contribution in [0.2, 0.25) is 10.0 Å². The van der Waals surface area contributed by atoms with Crippen molar-refractivity contribution < 1.29 is 19.1 Å². The Labute approximate surface area is 145 Å². The van der Waals surface area contributed by atoms with Gasteiger partial charge in [-0.05, 0) is 38.0 Å². The van der Waals surface area contributed by atoms with Gasteiger partial charge >= 0.3 is 5.97 Å². The minimum atomic E-state index is -0.854. The zero-order chi connectivity index (χ0) is 16.8. The van der Waals surface area contributed by atoms with E-state index >= 15 is 0 Å². The first kappa shape index (κ1) is 17.9. The van der Waals surface area contributed by atoms with Gasteiger partial charge in [0.05, 0.1) is 5.02 Å². The lowest BCUT2D eigenvalue weighted by Crippen LogP contribution is -2.41. The molecule has 1 aliphatic carbocycles. The average molecular weight is 360 g/mol. The van der Waals surface area contributed by atoms with Gasteiger partial charge in [0, 0.05) is 11.1 Å². The Morgan fingerprint density at radius 1 is 1.30 bits per heavy atom. The van der Waals surface area contributed by atoms with E-state index in [2.05, 4.69) is 5.32 Å². The number of nitrogens with one attached hydrogen (secondary N) is 1. The minimum Gasteiger partial charge on any atom is -0.480 e. The zero-order valence-corrected chi connectivity index (χ0v) is 14.3. The van der Waals surface area contributed by atoms with Crippen LogP contribution >= 0.6 is 23.2 Å². The Morgan fingerprint density at radius 2 is 2.00 bits per heavy atom. The standard InChI is InChI=1S/C16H19Cl2NO4/c1-10(16(21)19-12-4-2-3-5-12)23-15(20)9-22-14-7-6-11(17)8-13(14)18/h6-8,10,12H,2-5,9H2,1H3,(H,19,21)/t10-/m0/s1. The highest BCUT2D eigenvalue weighted by Crippen LogP contribution is 2.27. The van der Waals surface area contributed by atoms with Crippen molar-refractivity contribution in [2.45, 2.75) is 44.8 Å². The molecule has 1 N–H and O–H groups in total. The molecule has 2 rings (SSSR count). The van der Waals surface area contributed by atoms with Crippen LogP contribution in [0.3, 0.4) is 0 Å². The highest BCUT2D eigenvalue weighted by atomic mass is 35.5. The molecule has 1 aromatic carbocycles. The van der Waals surface area contributed by atoms with Gasteiger partial charge in [-0.2, -0.15) is 0 Å². The van der Waals surface area contributed by atoms with Crippen molar-refractivity contribution in [3.63, 3.8) is 0 Å². The van der Waals surface area contributed by atoms with Gasteiger partial charge in [-0.15, -0.1) is 0 Å². The van der Waals surface area contributed by atoms with Crippen LogP contribution < -0.4 is 10.1 Å². The Bertz CT molecular complexity index is 573. The number of esters is 1. The summed E-state index contributed by atoms with van der Waals surface area (Å²) in [5, 5.41) is 3.66. The molecule has 0 bridgehead atoms. The molecule has 1 amide bonds. The van der Waals surface area contributed by atoms with Crippen LogP contribution in [0, 0.1) is 0 Å². The lowest BCUT2D eigenvalue weighted by atomic mass is 10.2. The number of ether oxygens (including phenoxy) is 2. The molecule has 0 radical (unpaired) electrons. The van der Waals surface area contributed by atoms with Crippen LogP contribution in [0.1, 0.15) is 32.6 Å². The van der Waals surface area contributed by atoms with Gasteiger partial charge in [-0.3, -0.25) is 4.79 Å². The van der Waals surface area contributed by atoms with Crippen molar-refractivity contribution in [2.24, 2.45) is 0 Å². The minimum absolute atomic E-state index is 0.188. The Morgan fingerprint density at radius 3 is 2.65 bits per heavy atom. The summed E-state index contributed by atoms with van der Waals surface area (Å²) in [6, 6.07) is 4.87. The van der Waals surface area contributed by atoms with Crippen molar-refractivity contribution in [3.8, 4) is 5.75 Å². The van der Waals surface area contributed by atoms with E-state index in [-0.39, 0.29) is 18.6 Å². The molecule has 1 atom stereocenters. The van der Waals surface area contributed by atoms with Crippen molar-refractivity contribution >= 4 is 35.1 Å². The molecule has 0 saturated heterocycles. The lowest BCUT2D eigenvalue weighted by molar-refractivity contribution is -0.156. The second kappa shape index (κ2) is 8.41. The second-order valence-corrected chi connectivity index (χ2v) is 6.33. The number of benzene rings is 1. The maximum absolute atomic E-state index is 11.9. The second-order valence-electron chi connectivity index (χ2n) is 5.49. The molecule has 7 heteroatoms. The predicted molar refractivity (Wildman–Crippen MR) is 87.9 cm³/mol. The van der Waals surface area contributed by atoms with Gasteiger partial charge < -0.3 is 14.8 Å². The Hall–Kier alpha value is -1.46. The summed E-state index contributed by atoms with van der Waals surface area (Å²) in [5.74, 6) is -0.587. The monoisotopic (exact) mass is 359 g/mol. The van der Waals surface area contributed by atoms with E-state index < -0.39 is 12.1 Å². The Balaban J connectivity index is 1.75. The topological polar surface area (TPSA) is 64.6 Å². The van der Waals surface area contributed by atoms with Crippen molar-refractivity contribution in [2.75, 3.05) is 6.61 Å². The van der Waals surface area contributed by atoms with E-state index in [9.17, 15) is 9.59 Å². The van der Waals surface area contributed by atoms with E-state index in [0.29, 0.717) is 15.8 Å². The summed E-state index contributed by atoms with van der Waals surface area (Å²) in [6.07, 6.45) is 3.34. The number of carbonyl (C=O) groups excluding carboxylic acids is 2. The van der Waals surface area contributed by atoms with Gasteiger partial charge in [-0.25, -0.2) is 4.79 Å². The van der Waals surface area contributed by atoms with Crippen molar-refractivity contribution in [3.05, 3.63) is 28.2 Å². The number of rotatable bonds is 6. The van der Waals surface area contributed by atoms with Gasteiger partial charge in [0.15, 0.2) is 12.7 Å². The van der Waals surface area contributed by atoms with E-state index in [1.165, 1.54) is 13.0 Å². The quantitative estimate of drug-likeness (QED) is 0.790. The first-order valence-electron chi connectivity index (χ1n) is 7.53. The number of hydrogen-bond donors (Lipinski definition) is 1. The maximum Gasteiger partial charge on any atom is 0.344 e. The van der Waals surface area contributed by atoms with Gasteiger partial charge in [-0.1, -0.05) is 36.0 Å². The highest BCUT2D eigenvalue weighted by molar-refractivity contribution is 6.35. The summed E-state index contributed by atoms with van der Waals surface area (Å²) < 4.78 is 10.3. The van der Waals surface area contributed by atoms with Crippen molar-refractivity contribution in [1.29, 1.82) is 0 Å². The number of halogens is 2. The molecule has 0 heterocycles. The van der Waals surface area contributed by atoms with E-state index in [4.69, 9.17) is 32.7 Å². The molecule has 1 fully saturated rings. The normalized spacial score (nSPS) is 16.0. The third-order valence-corrected chi connectivity index (χ3v) is 4.15. The zero-order valence-electron chi connectivity index (χ0n) is 12.8. The fourth-order valence-electron chi connectivity index (χ4n) is 2.40. The third-order valence-electron chi connectivity index (χ3n) is 3.62. The molecule has 0 aliphatic heterocycles. The summed E-state index contributed by atoms with van der Waals surface area (Å²) in [5.41, 5.74) is 0. The molecule has 0 aromatic heterocycles. The van der Waals surface area contributed by atoms with Gasteiger partial charge in [0.1, 0.15) is 5.75 Å². The smallest absolute Gasteiger partial charge is 0.344 e.